The van der Waals surface area contributed by atoms with Crippen molar-refractivity contribution in [2.75, 3.05) is 13.2 Å². The highest BCUT2D eigenvalue weighted by Crippen LogP contribution is 2.19. The Morgan fingerprint density at radius 2 is 2.00 bits per heavy atom. The molecular formula is C15H25NO. The Morgan fingerprint density at radius 1 is 1.24 bits per heavy atom. The lowest BCUT2D eigenvalue weighted by molar-refractivity contribution is 0.270. The van der Waals surface area contributed by atoms with Crippen molar-refractivity contribution in [3.8, 4) is 5.75 Å². The summed E-state index contributed by atoms with van der Waals surface area (Å²) in [5, 5.41) is 3.49. The van der Waals surface area contributed by atoms with Crippen molar-refractivity contribution < 1.29 is 4.74 Å². The molecule has 17 heavy (non-hydrogen) atoms. The zero-order valence-electron chi connectivity index (χ0n) is 11.5. The summed E-state index contributed by atoms with van der Waals surface area (Å²) in [6.45, 7) is 10.5. The molecule has 0 amide bonds. The van der Waals surface area contributed by atoms with E-state index in [0.717, 1.165) is 25.3 Å². The first-order chi connectivity index (χ1) is 8.13. The molecule has 0 saturated heterocycles. The minimum absolute atomic E-state index is 0.387. The molecule has 0 radical (unpaired) electrons. The molecule has 2 heteroatoms. The van der Waals surface area contributed by atoms with Crippen LogP contribution in [0.4, 0.5) is 0 Å². The number of ether oxygens (including phenoxy) is 1. The molecule has 96 valence electrons. The van der Waals surface area contributed by atoms with Gasteiger partial charge in [-0.25, -0.2) is 0 Å². The maximum Gasteiger partial charge on any atom is 0.119 e. The summed E-state index contributed by atoms with van der Waals surface area (Å²) in [6.07, 6.45) is 1.16. The van der Waals surface area contributed by atoms with Crippen LogP contribution in [0.2, 0.25) is 0 Å². The Kier molecular flexibility index (Phi) is 6.06. The molecule has 0 aliphatic heterocycles. The van der Waals surface area contributed by atoms with Crippen molar-refractivity contribution in [2.45, 2.75) is 40.2 Å². The summed E-state index contributed by atoms with van der Waals surface area (Å²) < 4.78 is 5.73. The van der Waals surface area contributed by atoms with E-state index in [1.807, 2.05) is 6.07 Å². The van der Waals surface area contributed by atoms with Gasteiger partial charge in [0.2, 0.25) is 0 Å². The average Bonchev–Trinajstić information content (AvgIpc) is 2.33. The van der Waals surface area contributed by atoms with Crippen LogP contribution in [0.3, 0.4) is 0 Å². The fourth-order valence-corrected chi connectivity index (χ4v) is 1.62. The largest absolute Gasteiger partial charge is 0.493 e. The van der Waals surface area contributed by atoms with Gasteiger partial charge in [0.05, 0.1) is 6.61 Å². The fraction of sp³-hybridized carbons (Fsp3) is 0.600. The van der Waals surface area contributed by atoms with Crippen LogP contribution < -0.4 is 10.1 Å². The van der Waals surface area contributed by atoms with Crippen LogP contribution in [0.5, 0.6) is 5.75 Å². The predicted molar refractivity (Wildman–Crippen MR) is 73.5 cm³/mol. The van der Waals surface area contributed by atoms with Gasteiger partial charge < -0.3 is 10.1 Å². The van der Waals surface area contributed by atoms with E-state index < -0.39 is 0 Å². The van der Waals surface area contributed by atoms with Gasteiger partial charge in [0.25, 0.3) is 0 Å². The first-order valence-corrected chi connectivity index (χ1v) is 6.59. The summed E-state index contributed by atoms with van der Waals surface area (Å²) in [7, 11) is 0. The molecule has 0 heterocycles. The van der Waals surface area contributed by atoms with Gasteiger partial charge in [-0.2, -0.15) is 0 Å². The van der Waals surface area contributed by atoms with Crippen LogP contribution >= 0.6 is 0 Å². The summed E-state index contributed by atoms with van der Waals surface area (Å²) >= 11 is 0. The Balaban J connectivity index is 2.58. The SMILES string of the molecule is CCCN[C@H](C)c1cccc(OCC(C)C)c1. The molecule has 1 atom stereocenters. The van der Waals surface area contributed by atoms with Crippen molar-refractivity contribution >= 4 is 0 Å². The summed E-state index contributed by atoms with van der Waals surface area (Å²) in [4.78, 5) is 0. The van der Waals surface area contributed by atoms with Gasteiger partial charge in [0.15, 0.2) is 0 Å². The third kappa shape index (κ3) is 5.22. The molecule has 2 nitrogen and oxygen atoms in total. The molecule has 1 rings (SSSR count). The first kappa shape index (κ1) is 14.0. The number of nitrogens with one attached hydrogen (secondary N) is 1. The molecule has 1 aromatic rings. The van der Waals surface area contributed by atoms with Crippen molar-refractivity contribution in [1.82, 2.24) is 5.32 Å². The quantitative estimate of drug-likeness (QED) is 0.776. The Morgan fingerprint density at radius 3 is 2.65 bits per heavy atom. The molecule has 1 N–H and O–H groups in total. The van der Waals surface area contributed by atoms with Crippen molar-refractivity contribution in [2.24, 2.45) is 5.92 Å². The average molecular weight is 235 g/mol. The normalized spacial score (nSPS) is 12.8. The van der Waals surface area contributed by atoms with E-state index in [4.69, 9.17) is 4.74 Å². The van der Waals surface area contributed by atoms with Gasteiger partial charge in [-0.1, -0.05) is 32.9 Å². The van der Waals surface area contributed by atoms with Crippen LogP contribution in [-0.4, -0.2) is 13.2 Å². The number of hydrogen-bond donors (Lipinski definition) is 1. The van der Waals surface area contributed by atoms with Crippen molar-refractivity contribution in [3.05, 3.63) is 29.8 Å². The number of hydrogen-bond acceptors (Lipinski definition) is 2. The molecule has 0 bridgehead atoms. The third-order valence-electron chi connectivity index (χ3n) is 2.64. The molecular weight excluding hydrogens is 210 g/mol. The van der Waals surface area contributed by atoms with Gasteiger partial charge in [0, 0.05) is 6.04 Å². The van der Waals surface area contributed by atoms with E-state index in [1.165, 1.54) is 5.56 Å². The van der Waals surface area contributed by atoms with Crippen LogP contribution in [0.15, 0.2) is 24.3 Å². The van der Waals surface area contributed by atoms with Crippen LogP contribution in [0.1, 0.15) is 45.7 Å². The molecule has 0 saturated carbocycles. The second-order valence-electron chi connectivity index (χ2n) is 4.95. The van der Waals surface area contributed by atoms with Gasteiger partial charge in [0.1, 0.15) is 5.75 Å². The number of rotatable bonds is 7. The Labute approximate surface area is 105 Å². The fourth-order valence-electron chi connectivity index (χ4n) is 1.62. The van der Waals surface area contributed by atoms with Crippen LogP contribution in [0.25, 0.3) is 0 Å². The highest BCUT2D eigenvalue weighted by atomic mass is 16.5. The van der Waals surface area contributed by atoms with Gasteiger partial charge >= 0.3 is 0 Å². The monoisotopic (exact) mass is 235 g/mol. The van der Waals surface area contributed by atoms with Crippen LogP contribution in [-0.2, 0) is 0 Å². The molecule has 0 fully saturated rings. The van der Waals surface area contributed by atoms with Gasteiger partial charge in [-0.05, 0) is 43.5 Å². The second-order valence-corrected chi connectivity index (χ2v) is 4.95. The Hall–Kier alpha value is -1.02. The molecule has 0 unspecified atom stereocenters. The van der Waals surface area contributed by atoms with E-state index in [2.05, 4.69) is 51.2 Å². The lowest BCUT2D eigenvalue weighted by Crippen LogP contribution is -2.19. The molecule has 0 aromatic heterocycles. The van der Waals surface area contributed by atoms with E-state index in [0.29, 0.717) is 12.0 Å². The van der Waals surface area contributed by atoms with Gasteiger partial charge in [-0.3, -0.25) is 0 Å². The summed E-state index contributed by atoms with van der Waals surface area (Å²) in [5.41, 5.74) is 1.29. The predicted octanol–water partition coefficient (Wildman–Crippen LogP) is 3.78. The maximum absolute atomic E-state index is 5.73. The second kappa shape index (κ2) is 7.33. The molecule has 0 spiro atoms. The smallest absolute Gasteiger partial charge is 0.119 e. The van der Waals surface area contributed by atoms with E-state index >= 15 is 0 Å². The Bertz CT molecular complexity index is 322. The summed E-state index contributed by atoms with van der Waals surface area (Å²) in [6, 6.07) is 8.76. The topological polar surface area (TPSA) is 21.3 Å². The van der Waals surface area contributed by atoms with Crippen molar-refractivity contribution in [1.29, 1.82) is 0 Å². The van der Waals surface area contributed by atoms with Gasteiger partial charge in [-0.15, -0.1) is 0 Å². The van der Waals surface area contributed by atoms with Crippen LogP contribution in [0, 0.1) is 5.92 Å². The zero-order valence-corrected chi connectivity index (χ0v) is 11.5. The van der Waals surface area contributed by atoms with E-state index in [9.17, 15) is 0 Å². The number of benzene rings is 1. The van der Waals surface area contributed by atoms with Crippen molar-refractivity contribution in [3.63, 3.8) is 0 Å². The van der Waals surface area contributed by atoms with E-state index in [-0.39, 0.29) is 0 Å². The molecule has 1 aromatic carbocycles. The maximum atomic E-state index is 5.73. The first-order valence-electron chi connectivity index (χ1n) is 6.59. The highest BCUT2D eigenvalue weighted by molar-refractivity contribution is 5.30. The third-order valence-corrected chi connectivity index (χ3v) is 2.64. The van der Waals surface area contributed by atoms with E-state index in [1.54, 1.807) is 0 Å². The highest BCUT2D eigenvalue weighted by Gasteiger charge is 2.05. The lowest BCUT2D eigenvalue weighted by atomic mass is 10.1. The molecule has 0 aliphatic rings. The molecule has 0 aliphatic carbocycles. The standard InChI is InChI=1S/C15H25NO/c1-5-9-16-13(4)14-7-6-8-15(10-14)17-11-12(2)3/h6-8,10,12-13,16H,5,9,11H2,1-4H3/t13-/m1/s1. The zero-order chi connectivity index (χ0) is 12.7. The minimum atomic E-state index is 0.387. The minimum Gasteiger partial charge on any atom is -0.493 e. The summed E-state index contributed by atoms with van der Waals surface area (Å²) in [5.74, 6) is 1.54. The lowest BCUT2D eigenvalue weighted by Gasteiger charge is -2.15.